The Balaban J connectivity index is 2.68. The third-order valence-corrected chi connectivity index (χ3v) is 3.20. The highest BCUT2D eigenvalue weighted by molar-refractivity contribution is 5.25. The van der Waals surface area contributed by atoms with Gasteiger partial charge in [0.25, 0.3) is 0 Å². The van der Waals surface area contributed by atoms with Gasteiger partial charge in [-0.3, -0.25) is 0 Å². The first-order valence-corrected chi connectivity index (χ1v) is 6.92. The van der Waals surface area contributed by atoms with Crippen LogP contribution in [0.5, 0.6) is 0 Å². The summed E-state index contributed by atoms with van der Waals surface area (Å²) in [6.07, 6.45) is 0.924. The van der Waals surface area contributed by atoms with E-state index in [0.29, 0.717) is 0 Å². The number of aliphatic hydroxyl groups is 2. The molecule has 0 radical (unpaired) electrons. The van der Waals surface area contributed by atoms with Crippen LogP contribution in [0, 0.1) is 5.41 Å². The molecule has 1 rings (SSSR count). The van der Waals surface area contributed by atoms with E-state index < -0.39 is 0 Å². The van der Waals surface area contributed by atoms with Gasteiger partial charge in [-0.2, -0.15) is 0 Å². The predicted octanol–water partition coefficient (Wildman–Crippen LogP) is 2.63. The molecule has 2 atom stereocenters. The van der Waals surface area contributed by atoms with Gasteiger partial charge in [0.05, 0.1) is 13.2 Å². The van der Waals surface area contributed by atoms with E-state index in [-0.39, 0.29) is 30.7 Å². The summed E-state index contributed by atoms with van der Waals surface area (Å²) in [5.74, 6) is 0. The quantitative estimate of drug-likeness (QED) is 0.741. The first kappa shape index (κ1) is 16.2. The minimum Gasteiger partial charge on any atom is -0.395 e. The van der Waals surface area contributed by atoms with E-state index in [1.165, 1.54) is 0 Å². The lowest BCUT2D eigenvalue weighted by atomic mass is 9.88. The molecule has 0 saturated carbocycles. The Labute approximate surface area is 116 Å². The van der Waals surface area contributed by atoms with Crippen molar-refractivity contribution in [3.05, 3.63) is 35.4 Å². The molecule has 19 heavy (non-hydrogen) atoms. The van der Waals surface area contributed by atoms with Crippen LogP contribution in [0.1, 0.15) is 51.3 Å². The van der Waals surface area contributed by atoms with Gasteiger partial charge in [-0.25, -0.2) is 0 Å². The zero-order valence-electron chi connectivity index (χ0n) is 12.5. The molecule has 2 unspecified atom stereocenters. The molecule has 0 saturated heterocycles. The van der Waals surface area contributed by atoms with Gasteiger partial charge < -0.3 is 15.5 Å². The van der Waals surface area contributed by atoms with E-state index in [9.17, 15) is 5.11 Å². The number of hydrogen-bond acceptors (Lipinski definition) is 3. The van der Waals surface area contributed by atoms with Gasteiger partial charge in [-0.1, -0.05) is 45.0 Å². The minimum absolute atomic E-state index is 0.0615. The second-order valence-electron chi connectivity index (χ2n) is 6.44. The summed E-state index contributed by atoms with van der Waals surface area (Å²) in [5.41, 5.74) is 2.24. The summed E-state index contributed by atoms with van der Waals surface area (Å²) in [7, 11) is 0. The Morgan fingerprint density at radius 2 is 1.89 bits per heavy atom. The van der Waals surface area contributed by atoms with Gasteiger partial charge in [0.15, 0.2) is 0 Å². The van der Waals surface area contributed by atoms with Crippen molar-refractivity contribution in [3.63, 3.8) is 0 Å². The average molecular weight is 265 g/mol. The van der Waals surface area contributed by atoms with Crippen LogP contribution in [-0.2, 0) is 6.61 Å². The van der Waals surface area contributed by atoms with Gasteiger partial charge in [0.2, 0.25) is 0 Å². The van der Waals surface area contributed by atoms with Gasteiger partial charge in [0.1, 0.15) is 0 Å². The number of aliphatic hydroxyl groups excluding tert-OH is 2. The fourth-order valence-corrected chi connectivity index (χ4v) is 2.33. The lowest BCUT2D eigenvalue weighted by Gasteiger charge is -2.28. The summed E-state index contributed by atoms with van der Waals surface area (Å²) in [4.78, 5) is 0. The van der Waals surface area contributed by atoms with E-state index in [0.717, 1.165) is 17.5 Å². The Morgan fingerprint density at radius 1 is 1.21 bits per heavy atom. The van der Waals surface area contributed by atoms with Crippen molar-refractivity contribution in [1.29, 1.82) is 0 Å². The Morgan fingerprint density at radius 3 is 2.42 bits per heavy atom. The molecule has 0 fully saturated rings. The van der Waals surface area contributed by atoms with Crippen LogP contribution in [0.15, 0.2) is 24.3 Å². The Hall–Kier alpha value is -0.900. The standard InChI is InChI=1S/C16H27NO2/c1-12(14-7-5-6-13(8-14)10-18)17-15(11-19)9-16(2,3)4/h5-8,12,15,17-19H,9-11H2,1-4H3. The summed E-state index contributed by atoms with van der Waals surface area (Å²) >= 11 is 0. The van der Waals surface area contributed by atoms with Gasteiger partial charge in [-0.05, 0) is 29.9 Å². The second-order valence-corrected chi connectivity index (χ2v) is 6.44. The summed E-state index contributed by atoms with van der Waals surface area (Å²) in [6.45, 7) is 8.81. The van der Waals surface area contributed by atoms with E-state index in [4.69, 9.17) is 5.11 Å². The maximum absolute atomic E-state index is 9.48. The maximum atomic E-state index is 9.48. The molecule has 0 spiro atoms. The largest absolute Gasteiger partial charge is 0.395 e. The van der Waals surface area contributed by atoms with Gasteiger partial charge >= 0.3 is 0 Å². The van der Waals surface area contributed by atoms with Crippen molar-refractivity contribution in [2.75, 3.05) is 6.61 Å². The number of rotatable bonds is 6. The molecule has 1 aromatic rings. The molecule has 0 amide bonds. The van der Waals surface area contributed by atoms with Crippen molar-refractivity contribution in [1.82, 2.24) is 5.32 Å². The van der Waals surface area contributed by atoms with Crippen molar-refractivity contribution in [2.24, 2.45) is 5.41 Å². The van der Waals surface area contributed by atoms with E-state index in [2.05, 4.69) is 33.0 Å². The molecule has 0 aliphatic heterocycles. The minimum atomic E-state index is 0.0615. The summed E-state index contributed by atoms with van der Waals surface area (Å²) < 4.78 is 0. The highest BCUT2D eigenvalue weighted by Crippen LogP contribution is 2.23. The zero-order valence-corrected chi connectivity index (χ0v) is 12.5. The lowest BCUT2D eigenvalue weighted by molar-refractivity contribution is 0.190. The van der Waals surface area contributed by atoms with Crippen molar-refractivity contribution in [2.45, 2.75) is 52.8 Å². The number of benzene rings is 1. The molecule has 0 heterocycles. The first-order valence-electron chi connectivity index (χ1n) is 6.92. The SMILES string of the molecule is CC(NC(CO)CC(C)(C)C)c1cccc(CO)c1. The smallest absolute Gasteiger partial charge is 0.0681 e. The average Bonchev–Trinajstić information content (AvgIpc) is 2.36. The molecular formula is C16H27NO2. The second kappa shape index (κ2) is 7.04. The lowest BCUT2D eigenvalue weighted by Crippen LogP contribution is -2.37. The van der Waals surface area contributed by atoms with Crippen LogP contribution in [0.2, 0.25) is 0 Å². The van der Waals surface area contributed by atoms with Crippen molar-refractivity contribution in [3.8, 4) is 0 Å². The fraction of sp³-hybridized carbons (Fsp3) is 0.625. The molecule has 108 valence electrons. The highest BCUT2D eigenvalue weighted by Gasteiger charge is 2.20. The van der Waals surface area contributed by atoms with Crippen LogP contribution >= 0.6 is 0 Å². The molecule has 3 N–H and O–H groups in total. The highest BCUT2D eigenvalue weighted by atomic mass is 16.3. The van der Waals surface area contributed by atoms with Crippen molar-refractivity contribution >= 4 is 0 Å². The molecule has 0 bridgehead atoms. The van der Waals surface area contributed by atoms with Crippen LogP contribution < -0.4 is 5.32 Å². The first-order chi connectivity index (χ1) is 8.85. The molecule has 0 aliphatic carbocycles. The normalized spacial score (nSPS) is 15.3. The third-order valence-electron chi connectivity index (χ3n) is 3.20. The molecule has 1 aromatic carbocycles. The van der Waals surface area contributed by atoms with E-state index in [1.54, 1.807) is 0 Å². The fourth-order valence-electron chi connectivity index (χ4n) is 2.33. The molecular weight excluding hydrogens is 238 g/mol. The zero-order chi connectivity index (χ0) is 14.5. The van der Waals surface area contributed by atoms with Crippen LogP contribution in [0.3, 0.4) is 0 Å². The predicted molar refractivity (Wildman–Crippen MR) is 78.9 cm³/mol. The Bertz CT molecular complexity index is 385. The summed E-state index contributed by atoms with van der Waals surface area (Å²) in [5, 5.41) is 22.1. The van der Waals surface area contributed by atoms with Gasteiger partial charge in [-0.15, -0.1) is 0 Å². The molecule has 0 aliphatic rings. The van der Waals surface area contributed by atoms with E-state index >= 15 is 0 Å². The molecule has 3 nitrogen and oxygen atoms in total. The molecule has 3 heteroatoms. The number of hydrogen-bond donors (Lipinski definition) is 3. The van der Waals surface area contributed by atoms with Gasteiger partial charge in [0, 0.05) is 12.1 Å². The number of nitrogens with one attached hydrogen (secondary N) is 1. The summed E-state index contributed by atoms with van der Waals surface area (Å²) in [6, 6.07) is 8.16. The third kappa shape index (κ3) is 5.72. The van der Waals surface area contributed by atoms with Crippen LogP contribution in [0.25, 0.3) is 0 Å². The van der Waals surface area contributed by atoms with Crippen LogP contribution in [-0.4, -0.2) is 22.9 Å². The Kier molecular flexibility index (Phi) is 5.98. The maximum Gasteiger partial charge on any atom is 0.0681 e. The van der Waals surface area contributed by atoms with Crippen LogP contribution in [0.4, 0.5) is 0 Å². The monoisotopic (exact) mass is 265 g/mol. The van der Waals surface area contributed by atoms with Crippen molar-refractivity contribution < 1.29 is 10.2 Å². The molecule has 0 aromatic heterocycles. The topological polar surface area (TPSA) is 52.5 Å². The van der Waals surface area contributed by atoms with E-state index in [1.807, 2.05) is 24.3 Å².